The van der Waals surface area contributed by atoms with Gasteiger partial charge < -0.3 is 9.80 Å². The standard InChI is InChI=1S/C23H19ClFN5O3S/c24-20-8-3-16(14-21(20)34(32,33)28-19-6-4-18(25)5-7-19)23(31)30-12-10-29(11-13-30)22-17(15-26)2-1-9-27-22/h1-9,14,28H,10-13H2. The molecule has 1 aromatic heterocycles. The Balaban J connectivity index is 1.50. The zero-order valence-corrected chi connectivity index (χ0v) is 19.4. The molecule has 0 aliphatic carbocycles. The molecule has 0 atom stereocenters. The second-order valence-corrected chi connectivity index (χ2v) is 9.58. The highest BCUT2D eigenvalue weighted by molar-refractivity contribution is 7.92. The van der Waals surface area contributed by atoms with E-state index in [4.69, 9.17) is 11.6 Å². The molecule has 34 heavy (non-hydrogen) atoms. The Morgan fingerprint density at radius 3 is 2.47 bits per heavy atom. The molecular weight excluding hydrogens is 481 g/mol. The number of rotatable bonds is 5. The first-order valence-corrected chi connectivity index (χ1v) is 12.1. The normalized spacial score (nSPS) is 13.9. The summed E-state index contributed by atoms with van der Waals surface area (Å²) in [4.78, 5) is 20.7. The van der Waals surface area contributed by atoms with Crippen LogP contribution in [-0.4, -0.2) is 50.4 Å². The van der Waals surface area contributed by atoms with Gasteiger partial charge in [0, 0.05) is 43.6 Å². The predicted octanol–water partition coefficient (Wildman–Crippen LogP) is 3.51. The van der Waals surface area contributed by atoms with Gasteiger partial charge in [-0.3, -0.25) is 9.52 Å². The summed E-state index contributed by atoms with van der Waals surface area (Å²) >= 11 is 6.13. The Hall–Kier alpha value is -3.68. The maximum Gasteiger partial charge on any atom is 0.263 e. The van der Waals surface area contributed by atoms with E-state index < -0.39 is 15.8 Å². The van der Waals surface area contributed by atoms with Gasteiger partial charge in [0.15, 0.2) is 0 Å². The van der Waals surface area contributed by atoms with Crippen LogP contribution in [0, 0.1) is 17.1 Å². The van der Waals surface area contributed by atoms with Crippen molar-refractivity contribution in [1.29, 1.82) is 5.26 Å². The van der Waals surface area contributed by atoms with E-state index in [1.807, 2.05) is 4.90 Å². The summed E-state index contributed by atoms with van der Waals surface area (Å²) in [6, 6.07) is 14.4. The first-order valence-electron chi connectivity index (χ1n) is 10.3. The third-order valence-corrected chi connectivity index (χ3v) is 7.20. The van der Waals surface area contributed by atoms with Gasteiger partial charge in [0.25, 0.3) is 15.9 Å². The minimum absolute atomic E-state index is 0.0461. The molecule has 1 N–H and O–H groups in total. The number of anilines is 2. The minimum Gasteiger partial charge on any atom is -0.352 e. The highest BCUT2D eigenvalue weighted by Crippen LogP contribution is 2.26. The van der Waals surface area contributed by atoms with Crippen molar-refractivity contribution >= 4 is 39.0 Å². The van der Waals surface area contributed by atoms with Crippen LogP contribution in [0.5, 0.6) is 0 Å². The molecule has 0 radical (unpaired) electrons. The molecule has 1 aliphatic rings. The summed E-state index contributed by atoms with van der Waals surface area (Å²) < 4.78 is 41.2. The van der Waals surface area contributed by atoms with Crippen LogP contribution < -0.4 is 9.62 Å². The number of carbonyl (C=O) groups is 1. The molecule has 3 aromatic rings. The van der Waals surface area contributed by atoms with Crippen molar-refractivity contribution in [3.05, 3.63) is 82.8 Å². The van der Waals surface area contributed by atoms with Crippen LogP contribution in [-0.2, 0) is 10.0 Å². The molecule has 4 rings (SSSR count). The van der Waals surface area contributed by atoms with E-state index in [0.717, 1.165) is 12.1 Å². The van der Waals surface area contributed by atoms with Crippen molar-refractivity contribution in [2.75, 3.05) is 35.8 Å². The van der Waals surface area contributed by atoms with Gasteiger partial charge in [0.1, 0.15) is 22.6 Å². The number of nitriles is 1. The first-order chi connectivity index (χ1) is 16.3. The molecule has 11 heteroatoms. The van der Waals surface area contributed by atoms with Gasteiger partial charge in [-0.15, -0.1) is 0 Å². The van der Waals surface area contributed by atoms with Crippen LogP contribution in [0.1, 0.15) is 15.9 Å². The van der Waals surface area contributed by atoms with E-state index in [9.17, 15) is 22.9 Å². The van der Waals surface area contributed by atoms with Crippen molar-refractivity contribution in [2.45, 2.75) is 4.90 Å². The fourth-order valence-corrected chi connectivity index (χ4v) is 5.20. The third kappa shape index (κ3) is 4.95. The van der Waals surface area contributed by atoms with E-state index >= 15 is 0 Å². The maximum atomic E-state index is 13.1. The van der Waals surface area contributed by atoms with Gasteiger partial charge in [0.05, 0.1) is 10.6 Å². The van der Waals surface area contributed by atoms with Crippen molar-refractivity contribution in [2.24, 2.45) is 0 Å². The zero-order valence-electron chi connectivity index (χ0n) is 17.8. The number of benzene rings is 2. The molecule has 0 bridgehead atoms. The summed E-state index contributed by atoms with van der Waals surface area (Å²) in [7, 11) is -4.12. The van der Waals surface area contributed by atoms with Crippen LogP contribution in [0.4, 0.5) is 15.9 Å². The number of piperazine rings is 1. The van der Waals surface area contributed by atoms with Gasteiger partial charge >= 0.3 is 0 Å². The monoisotopic (exact) mass is 499 g/mol. The van der Waals surface area contributed by atoms with Gasteiger partial charge in [-0.1, -0.05) is 11.6 Å². The lowest BCUT2D eigenvalue weighted by Crippen LogP contribution is -2.49. The average Bonchev–Trinajstić information content (AvgIpc) is 2.85. The molecule has 0 unspecified atom stereocenters. The van der Waals surface area contributed by atoms with Crippen molar-refractivity contribution in [3.8, 4) is 6.07 Å². The molecule has 2 heterocycles. The Bertz CT molecular complexity index is 1370. The number of carbonyl (C=O) groups excluding carboxylic acids is 1. The number of halogens is 2. The Kier molecular flexibility index (Phi) is 6.68. The first kappa shape index (κ1) is 23.5. The number of nitrogens with zero attached hydrogens (tertiary/aromatic N) is 4. The summed E-state index contributed by atoms with van der Waals surface area (Å²) in [6.07, 6.45) is 1.61. The van der Waals surface area contributed by atoms with E-state index in [1.54, 1.807) is 23.2 Å². The molecule has 1 aliphatic heterocycles. The second-order valence-electron chi connectivity index (χ2n) is 7.52. The van der Waals surface area contributed by atoms with Crippen LogP contribution in [0.25, 0.3) is 0 Å². The third-order valence-electron chi connectivity index (χ3n) is 5.34. The van der Waals surface area contributed by atoms with Crippen molar-refractivity contribution in [1.82, 2.24) is 9.88 Å². The van der Waals surface area contributed by atoms with E-state index in [0.29, 0.717) is 37.6 Å². The SMILES string of the molecule is N#Cc1cccnc1N1CCN(C(=O)c2ccc(Cl)c(S(=O)(=O)Nc3ccc(F)cc3)c2)CC1. The molecule has 0 saturated carbocycles. The number of pyridine rings is 1. The lowest BCUT2D eigenvalue weighted by Gasteiger charge is -2.35. The van der Waals surface area contributed by atoms with Crippen LogP contribution >= 0.6 is 11.6 Å². The van der Waals surface area contributed by atoms with Gasteiger partial charge in [0.2, 0.25) is 0 Å². The van der Waals surface area contributed by atoms with E-state index in [-0.39, 0.29) is 27.1 Å². The van der Waals surface area contributed by atoms with Crippen LogP contribution in [0.3, 0.4) is 0 Å². The van der Waals surface area contributed by atoms with Crippen molar-refractivity contribution in [3.63, 3.8) is 0 Å². The second kappa shape index (κ2) is 9.67. The average molecular weight is 500 g/mol. The molecule has 0 spiro atoms. The molecule has 1 amide bonds. The summed E-state index contributed by atoms with van der Waals surface area (Å²) in [5.41, 5.74) is 0.799. The number of aromatic nitrogens is 1. The number of amides is 1. The molecule has 2 aromatic carbocycles. The fraction of sp³-hybridized carbons (Fsp3) is 0.174. The van der Waals surface area contributed by atoms with Gasteiger partial charge in [-0.2, -0.15) is 5.26 Å². The smallest absolute Gasteiger partial charge is 0.263 e. The Labute approximate surface area is 201 Å². The van der Waals surface area contributed by atoms with Crippen LogP contribution in [0.2, 0.25) is 5.02 Å². The lowest BCUT2D eigenvalue weighted by atomic mass is 10.1. The maximum absolute atomic E-state index is 13.1. The number of nitrogens with one attached hydrogen (secondary N) is 1. The predicted molar refractivity (Wildman–Crippen MR) is 126 cm³/mol. The molecule has 174 valence electrons. The number of hydrogen-bond acceptors (Lipinski definition) is 6. The Morgan fingerprint density at radius 2 is 1.79 bits per heavy atom. The summed E-state index contributed by atoms with van der Waals surface area (Å²) in [6.45, 7) is 1.70. The summed E-state index contributed by atoms with van der Waals surface area (Å²) in [5, 5.41) is 9.25. The topological polar surface area (TPSA) is 106 Å². The number of hydrogen-bond donors (Lipinski definition) is 1. The minimum atomic E-state index is -4.12. The van der Waals surface area contributed by atoms with Gasteiger partial charge in [-0.05, 0) is 54.6 Å². The number of sulfonamides is 1. The quantitative estimate of drug-likeness (QED) is 0.575. The molecule has 1 saturated heterocycles. The highest BCUT2D eigenvalue weighted by atomic mass is 35.5. The van der Waals surface area contributed by atoms with Gasteiger partial charge in [-0.25, -0.2) is 17.8 Å². The zero-order chi connectivity index (χ0) is 24.3. The largest absolute Gasteiger partial charge is 0.352 e. The highest BCUT2D eigenvalue weighted by Gasteiger charge is 2.26. The van der Waals surface area contributed by atoms with E-state index in [1.165, 1.54) is 30.3 Å². The summed E-state index contributed by atoms with van der Waals surface area (Å²) in [5.74, 6) is -0.263. The molecular formula is C23H19ClFN5O3S. The van der Waals surface area contributed by atoms with Crippen molar-refractivity contribution < 1.29 is 17.6 Å². The fourth-order valence-electron chi connectivity index (χ4n) is 3.61. The lowest BCUT2D eigenvalue weighted by molar-refractivity contribution is 0.0746. The van der Waals surface area contributed by atoms with Crippen LogP contribution in [0.15, 0.2) is 65.7 Å². The van der Waals surface area contributed by atoms with E-state index in [2.05, 4.69) is 15.8 Å². The molecule has 1 fully saturated rings. The Morgan fingerprint density at radius 1 is 1.09 bits per heavy atom. The molecule has 8 nitrogen and oxygen atoms in total.